The Kier molecular flexibility index (Phi) is 26.2. The van der Waals surface area contributed by atoms with Crippen molar-refractivity contribution in [1.29, 1.82) is 0 Å². The number of halogens is 2. The fourth-order valence-corrected chi connectivity index (χ4v) is 13.4. The number of hydrogen-bond donors (Lipinski definition) is 0. The zero-order valence-electron chi connectivity index (χ0n) is 29.3. The number of rotatable bonds is 7. The third-order valence-corrected chi connectivity index (χ3v) is 15.4. The van der Waals surface area contributed by atoms with E-state index in [4.69, 9.17) is 25.1 Å². The Morgan fingerprint density at radius 3 is 1.02 bits per heavy atom. The van der Waals surface area contributed by atoms with Gasteiger partial charge in [-0.15, -0.1) is 6.54 Å². The smallest absolute Gasteiger partial charge is 0.672 e. The largest absolute Gasteiger partial charge is 2.00 e. The van der Waals surface area contributed by atoms with Gasteiger partial charge in [0.15, 0.2) is 0 Å². The van der Waals surface area contributed by atoms with Crippen molar-refractivity contribution in [2.24, 2.45) is 0 Å². The molecule has 8 heteroatoms. The van der Waals surface area contributed by atoms with Crippen LogP contribution in [0.1, 0.15) is 57.1 Å². The van der Waals surface area contributed by atoms with Crippen LogP contribution < -0.4 is 21.2 Å². The summed E-state index contributed by atoms with van der Waals surface area (Å²) in [4.78, 5) is 3.91. The van der Waals surface area contributed by atoms with Gasteiger partial charge in [0.05, 0.1) is 48.4 Å². The van der Waals surface area contributed by atoms with Crippen molar-refractivity contribution in [1.82, 2.24) is 4.98 Å². The predicted octanol–water partition coefficient (Wildman–Crippen LogP) is 11.5. The van der Waals surface area contributed by atoms with Gasteiger partial charge in [-0.3, -0.25) is 4.98 Å². The minimum Gasteiger partial charge on any atom is -0.672 e. The monoisotopic (exact) mass is 875 g/mol. The number of pyridine rings is 1. The van der Waals surface area contributed by atoms with E-state index in [1.165, 1.54) is 51.4 Å². The summed E-state index contributed by atoms with van der Waals surface area (Å²) in [6.45, 7) is 0.279. The van der Waals surface area contributed by atoms with Gasteiger partial charge in [0, 0.05) is 11.9 Å². The summed E-state index contributed by atoms with van der Waals surface area (Å²) in [6.07, 6.45) is 13.1. The molecule has 0 unspecified atom stereocenters. The van der Waals surface area contributed by atoms with Crippen molar-refractivity contribution >= 4 is 56.4 Å². The van der Waals surface area contributed by atoms with E-state index < -0.39 is 15.8 Å². The summed E-state index contributed by atoms with van der Waals surface area (Å²) in [6, 6.07) is 50.3. The summed E-state index contributed by atoms with van der Waals surface area (Å²) in [5, 5.41) is 6.34. The SMILES string of the molecule is [CH3-].[CH3-].[Cl][Ru][Cl].[Fe+2].[NH-]Cc1ccccn1.c1ccc([PH+](c2ccccc2)C2CCCC2)cc1.c1ccc([PH+](c2ccccc2)C2CCCC2)cc1. The quantitative estimate of drug-likeness (QED) is 0.0912. The van der Waals surface area contributed by atoms with Crippen LogP contribution in [-0.2, 0) is 38.8 Å². The molecule has 0 atom stereocenters. The molecule has 0 spiro atoms. The van der Waals surface area contributed by atoms with Crippen LogP contribution in [0.4, 0.5) is 0 Å². The molecule has 2 saturated carbocycles. The normalized spacial score (nSPS) is 13.6. The van der Waals surface area contributed by atoms with Crippen molar-refractivity contribution in [3.63, 3.8) is 0 Å². The van der Waals surface area contributed by atoms with Gasteiger partial charge < -0.3 is 20.6 Å². The molecule has 0 saturated heterocycles. The second-order valence-corrected chi connectivity index (χ2v) is 20.0. The Morgan fingerprint density at radius 1 is 0.520 bits per heavy atom. The zero-order chi connectivity index (χ0) is 32.9. The summed E-state index contributed by atoms with van der Waals surface area (Å²) >= 11 is -0.346. The Balaban J connectivity index is 0.000000371. The molecule has 0 aliphatic heterocycles. The molecule has 2 aliphatic carbocycles. The Morgan fingerprint density at radius 2 is 0.800 bits per heavy atom. The maximum atomic E-state index is 6.88. The van der Waals surface area contributed by atoms with E-state index in [0.29, 0.717) is 0 Å². The molecule has 1 heterocycles. The van der Waals surface area contributed by atoms with Gasteiger partial charge in [0.25, 0.3) is 0 Å². The molecule has 0 bridgehead atoms. The van der Waals surface area contributed by atoms with E-state index in [1.54, 1.807) is 27.4 Å². The zero-order valence-corrected chi connectivity index (χ0v) is 35.6. The predicted molar refractivity (Wildman–Crippen MR) is 222 cm³/mol. The van der Waals surface area contributed by atoms with Crippen molar-refractivity contribution in [2.75, 3.05) is 0 Å². The first-order valence-corrected chi connectivity index (χ1v) is 24.2. The number of nitrogens with zero attached hydrogens (tertiary/aromatic N) is 1. The maximum Gasteiger partial charge on any atom is 2.00 e. The summed E-state index contributed by atoms with van der Waals surface area (Å²) < 4.78 is 0. The summed E-state index contributed by atoms with van der Waals surface area (Å²) in [5.41, 5.74) is 9.57. The topological polar surface area (TPSA) is 36.7 Å². The van der Waals surface area contributed by atoms with Crippen LogP contribution in [0.25, 0.3) is 5.73 Å². The van der Waals surface area contributed by atoms with E-state index in [2.05, 4.69) is 126 Å². The molecule has 0 radical (unpaired) electrons. The molecule has 50 heavy (non-hydrogen) atoms. The first-order chi connectivity index (χ1) is 23.2. The van der Waals surface area contributed by atoms with Crippen LogP contribution in [0.5, 0.6) is 0 Å². The molecular formula is C42H53Cl2FeN2P2Ru+. The number of hydrogen-bond acceptors (Lipinski definition) is 1. The number of nitrogens with one attached hydrogen (secondary N) is 1. The average Bonchev–Trinajstić information content (AvgIpc) is 3.88. The number of aromatic nitrogens is 1. The van der Waals surface area contributed by atoms with Crippen molar-refractivity contribution in [3.05, 3.63) is 172 Å². The minimum atomic E-state index is -0.577. The van der Waals surface area contributed by atoms with Crippen LogP contribution >= 0.6 is 35.2 Å². The fourth-order valence-electron chi connectivity index (χ4n) is 6.68. The van der Waals surface area contributed by atoms with Crippen molar-refractivity contribution in [2.45, 2.75) is 69.2 Å². The van der Waals surface area contributed by atoms with Gasteiger partial charge in [-0.2, -0.15) is 0 Å². The van der Waals surface area contributed by atoms with Crippen LogP contribution in [0.15, 0.2) is 146 Å². The van der Waals surface area contributed by atoms with Gasteiger partial charge in [0.2, 0.25) is 0 Å². The molecular weight excluding hydrogens is 822 g/mol. The van der Waals surface area contributed by atoms with E-state index in [0.717, 1.165) is 17.0 Å². The molecule has 1 aromatic heterocycles. The van der Waals surface area contributed by atoms with Crippen LogP contribution in [-0.4, -0.2) is 16.3 Å². The van der Waals surface area contributed by atoms with E-state index in [-0.39, 0.29) is 53.6 Å². The first-order valence-electron chi connectivity index (χ1n) is 16.6. The fraction of sp³-hybridized carbons (Fsp3) is 0.262. The maximum absolute atomic E-state index is 6.88. The molecule has 1 N–H and O–H groups in total. The summed E-state index contributed by atoms with van der Waals surface area (Å²) in [7, 11) is 8.55. The molecule has 5 aromatic rings. The van der Waals surface area contributed by atoms with Gasteiger partial charge in [-0.05, 0) is 112 Å². The second kappa shape index (κ2) is 28.1. The second-order valence-electron chi connectivity index (χ2n) is 11.8. The van der Waals surface area contributed by atoms with Gasteiger partial charge in [-0.1, -0.05) is 78.9 Å². The minimum absolute atomic E-state index is 0. The molecule has 7 rings (SSSR count). The van der Waals surface area contributed by atoms with E-state index in [9.17, 15) is 0 Å². The van der Waals surface area contributed by atoms with Crippen LogP contribution in [0.3, 0.4) is 0 Å². The standard InChI is InChI=1S/2C17H19P.C6H7N2.2CH3.2ClH.Fe.Ru/c2*1-3-9-15(10-4-1)18(17-13-7-8-14-17)16-11-5-2-6-12-16;7-5-6-3-1-2-4-8-6;;;;;;/h2*1-6,9-12,17H,7-8,13-14H2;1-4,7H,5H2;2*1H3;2*1H;;/q;;3*-1;;;2*+2. The van der Waals surface area contributed by atoms with Gasteiger partial charge >= 0.3 is 51.6 Å². The Hall–Kier alpha value is -1.43. The average molecular weight is 876 g/mol. The van der Waals surface area contributed by atoms with Crippen molar-refractivity contribution in [3.8, 4) is 0 Å². The number of benzene rings is 4. The van der Waals surface area contributed by atoms with Crippen molar-refractivity contribution < 1.29 is 32.2 Å². The third kappa shape index (κ3) is 15.7. The molecule has 2 nitrogen and oxygen atoms in total. The molecule has 2 aliphatic rings. The molecule has 270 valence electrons. The van der Waals surface area contributed by atoms with E-state index >= 15 is 0 Å². The van der Waals surface area contributed by atoms with Gasteiger partial charge in [-0.25, -0.2) is 0 Å². The first kappa shape index (κ1) is 46.6. The van der Waals surface area contributed by atoms with E-state index in [1.807, 2.05) is 18.2 Å². The Labute approximate surface area is 332 Å². The molecule has 4 aromatic carbocycles. The summed E-state index contributed by atoms with van der Waals surface area (Å²) in [5.74, 6) is 0. The van der Waals surface area contributed by atoms with Crippen LogP contribution in [0, 0.1) is 14.9 Å². The van der Waals surface area contributed by atoms with Crippen LogP contribution in [0.2, 0.25) is 0 Å². The molecule has 2 fully saturated rings. The third-order valence-electron chi connectivity index (χ3n) is 8.77. The molecule has 0 amide bonds. The van der Waals surface area contributed by atoms with Gasteiger partial charge in [0.1, 0.15) is 0 Å². The Bertz CT molecular complexity index is 1310.